The average molecular weight is 2100 g/mol. The fourth-order valence-corrected chi connectivity index (χ4v) is 19.9. The number of nitrogens with zero attached hydrogens (tertiary/aromatic N) is 6. The standard InChI is InChI=1S/C33H51NO7P2.C32H49NO8P2.C32H48NO7P.C13H25N3O/c1-7-32(37-22-30-14-10-8-11-15-30)28(4)27(3)21-40-43(35,39-19-18-34-6)41-24-33(29(5)26(2)20-36-25-42)38-23-31-16-12-9-13-17-31;1-25(19-36-24-42)28(4)32(38-22-30-14-10-7-11-15-30)23-41-43(35,39-17-16-33-5)40-20-26(2)27(3)31(18-34)37-21-29-12-8-6-9-13-29;1-7-31(36-22-29-14-10-8-11-15-29)28(5)26(3)21-39-41(35,38-19-18-33-6)40-24-32(27(4)25(2)20-34)37-23-30-16-12-9-13-17-30;1-7-10-8(2)9(3)11(15-16-14)12(17-10)13(4,5)6/h8-17,26-29,32-33H,7,18-25,42H2,1-5H3;6-15,25-28,31-32,34H,16-24,42H2,1-4H3;8-17,25-28,31-32,34H,7,18-24H2,1-5H3;8-12H,7H2,1-6H3/t26-,27-,28-,29-,32+,33+,43?;25-,26-,27-,28-,31+,32+,43?;25-,26-,27-,28-,31+,32+,41?;8-,9-,10?,11?,12+/m1110/s1. The molecule has 7 unspecified atom stereocenters. The number of ether oxygens (including phenoxy) is 9. The van der Waals surface area contributed by atoms with Crippen LogP contribution in [0.4, 0.5) is 0 Å². The van der Waals surface area contributed by atoms with Crippen LogP contribution >= 0.6 is 41.9 Å². The van der Waals surface area contributed by atoms with Gasteiger partial charge in [0, 0.05) is 24.7 Å². The van der Waals surface area contributed by atoms with Gasteiger partial charge in [0.05, 0.1) is 153 Å². The van der Waals surface area contributed by atoms with E-state index in [1.54, 1.807) is 0 Å². The number of benzene rings is 6. The minimum Gasteiger partial charge on any atom is -0.396 e. The van der Waals surface area contributed by atoms with Gasteiger partial charge in [0.15, 0.2) is 0 Å². The van der Waals surface area contributed by atoms with Gasteiger partial charge in [0.25, 0.3) is 0 Å². The van der Waals surface area contributed by atoms with Crippen molar-refractivity contribution in [1.29, 1.82) is 0 Å². The number of aliphatic hydroxyl groups is 2. The molecule has 0 spiro atoms. The van der Waals surface area contributed by atoms with Gasteiger partial charge in [-0.05, 0) is 146 Å². The summed E-state index contributed by atoms with van der Waals surface area (Å²) in [6.07, 6.45) is 2.33. The number of hydrogen-bond donors (Lipinski definition) is 2. The topological polar surface area (TPSA) is 320 Å². The maximum Gasteiger partial charge on any atom is 0.475 e. The molecule has 1 aliphatic rings. The summed E-state index contributed by atoms with van der Waals surface area (Å²) in [5.74, 6) is 0.971. The third-order valence-electron chi connectivity index (χ3n) is 27.1. The normalized spacial score (nSPS) is 19.8. The summed E-state index contributed by atoms with van der Waals surface area (Å²) in [5.41, 5.74) is 15.0. The van der Waals surface area contributed by atoms with Crippen molar-refractivity contribution in [3.8, 4) is 0 Å². The van der Waals surface area contributed by atoms with Gasteiger partial charge in [-0.15, -0.1) is 18.5 Å². The molecule has 28 atom stereocenters. The second-order valence-electron chi connectivity index (χ2n) is 38.8. The molecule has 29 nitrogen and oxygen atoms in total. The van der Waals surface area contributed by atoms with E-state index in [9.17, 15) is 23.9 Å². The minimum absolute atomic E-state index is 0.000671. The summed E-state index contributed by atoms with van der Waals surface area (Å²) in [6.45, 7) is 66.4. The Kier molecular flexibility index (Phi) is 66.8. The zero-order chi connectivity index (χ0) is 106. The summed E-state index contributed by atoms with van der Waals surface area (Å²) >= 11 is 0. The lowest BCUT2D eigenvalue weighted by Gasteiger charge is -2.48. The Bertz CT molecular complexity index is 4460. The van der Waals surface area contributed by atoms with Crippen LogP contribution in [-0.4, -0.2) is 183 Å². The van der Waals surface area contributed by atoms with E-state index < -0.39 is 47.9 Å². The SMILES string of the molecule is CCC1O[C@@H](C(C)(C)C)C(N=[N+]=[N-])[C@@H](C)[C@@H]1C.[C-]#[N+]CCOP(=O)(OC[C@@H](C)[C@@H](C)[C@H](CC)OCc1ccccc1)OC[C@H](OCc1ccccc1)[C@H](C)[C@H](C)CO.[C-]#[N+]CCOP(=O)(OC[C@@H](C)[C@@H](C)[C@H](CC)OCc1ccccc1)OC[C@H](OCc1ccccc1)[C@H](C)[C@H](C)COCP.[C-]#[N+]CCOP(=O)(OC[C@@H](C)[C@@H](C)[C@H](CO)OCc1ccccc1)OC[C@H](OCc1ccccc1)[C@H](C)[C@H](C)COCP. The Hall–Kier alpha value is -6.15. The van der Waals surface area contributed by atoms with Gasteiger partial charge >= 0.3 is 23.5 Å². The summed E-state index contributed by atoms with van der Waals surface area (Å²) < 4.78 is 148. The summed E-state index contributed by atoms with van der Waals surface area (Å²) in [4.78, 5) is 12.9. The number of aliphatic hydroxyl groups excluding tert-OH is 2. The Morgan fingerprint density at radius 1 is 0.368 bits per heavy atom. The highest BCUT2D eigenvalue weighted by atomic mass is 31.2. The van der Waals surface area contributed by atoms with Crippen LogP contribution in [0.2, 0.25) is 0 Å². The smallest absolute Gasteiger partial charge is 0.396 e. The summed E-state index contributed by atoms with van der Waals surface area (Å²) in [5, 5.41) is 23.7. The maximum atomic E-state index is 13.8. The van der Waals surface area contributed by atoms with Gasteiger partial charge in [-0.25, -0.2) is 33.4 Å². The summed E-state index contributed by atoms with van der Waals surface area (Å²) in [6, 6.07) is 59.3. The van der Waals surface area contributed by atoms with Crippen LogP contribution in [-0.2, 0) is 137 Å². The van der Waals surface area contributed by atoms with E-state index in [2.05, 4.69) is 140 Å². The number of phosphoric acid groups is 3. The van der Waals surface area contributed by atoms with Crippen molar-refractivity contribution >= 4 is 41.9 Å². The molecule has 1 saturated heterocycles. The van der Waals surface area contributed by atoms with Gasteiger partial charge < -0.3 is 67.4 Å². The molecule has 0 aromatic heterocycles. The lowest BCUT2D eigenvalue weighted by atomic mass is 9.72. The largest absolute Gasteiger partial charge is 0.475 e. The van der Waals surface area contributed by atoms with Gasteiger partial charge in [-0.3, -0.25) is 40.7 Å². The third kappa shape index (κ3) is 50.6. The number of hydrogen-bond acceptors (Lipinski definition) is 24. The molecule has 1 fully saturated rings. The minimum atomic E-state index is -4.05. The van der Waals surface area contributed by atoms with Crippen molar-refractivity contribution in [2.75, 3.05) is 118 Å². The number of rotatable bonds is 69. The molecule has 7 rings (SSSR count). The highest BCUT2D eigenvalue weighted by molar-refractivity contribution is 7.49. The molecule has 0 radical (unpaired) electrons. The number of azide groups is 1. The van der Waals surface area contributed by atoms with E-state index in [0.29, 0.717) is 77.4 Å². The predicted octanol–water partition coefficient (Wildman–Crippen LogP) is 26.0. The fourth-order valence-electron chi connectivity index (χ4n) is 15.8. The molecule has 0 amide bonds. The van der Waals surface area contributed by atoms with Crippen LogP contribution in [0.15, 0.2) is 187 Å². The first-order valence-corrected chi connectivity index (χ1v) is 57.0. The Labute approximate surface area is 868 Å². The Balaban J connectivity index is 0.000000415. The van der Waals surface area contributed by atoms with E-state index in [0.717, 1.165) is 52.6 Å². The maximum absolute atomic E-state index is 13.8. The lowest BCUT2D eigenvalue weighted by Crippen LogP contribution is -2.53. The zero-order valence-electron chi connectivity index (χ0n) is 89.3. The van der Waals surface area contributed by atoms with E-state index in [1.165, 1.54) is 0 Å². The third-order valence-corrected chi connectivity index (χ3v) is 31.8. The van der Waals surface area contributed by atoms with Gasteiger partial charge in [0.1, 0.15) is 19.8 Å². The van der Waals surface area contributed by atoms with Crippen LogP contribution in [0.5, 0.6) is 0 Å². The average Bonchev–Trinajstić information content (AvgIpc) is 0.783. The highest BCUT2D eigenvalue weighted by Gasteiger charge is 2.46. The molecule has 0 saturated carbocycles. The molecule has 0 aliphatic carbocycles. The lowest BCUT2D eigenvalue weighted by molar-refractivity contribution is -0.151. The van der Waals surface area contributed by atoms with Crippen LogP contribution in [0.25, 0.3) is 25.0 Å². The van der Waals surface area contributed by atoms with Crippen molar-refractivity contribution in [3.63, 3.8) is 0 Å². The fraction of sp³-hybridized carbons (Fsp3) is 0.645. The monoisotopic (exact) mass is 2100 g/mol. The molecular formula is C110H173N6O23P5. The van der Waals surface area contributed by atoms with E-state index in [-0.39, 0.29) is 199 Å². The van der Waals surface area contributed by atoms with Gasteiger partial charge in [0.2, 0.25) is 19.6 Å². The predicted molar refractivity (Wildman–Crippen MR) is 576 cm³/mol. The van der Waals surface area contributed by atoms with Crippen molar-refractivity contribution in [1.82, 2.24) is 0 Å². The molecule has 6 aromatic rings. The molecule has 2 N–H and O–H groups in total. The van der Waals surface area contributed by atoms with Gasteiger partial charge in [-0.1, -0.05) is 326 Å². The first-order chi connectivity index (χ1) is 69.0. The van der Waals surface area contributed by atoms with E-state index in [4.69, 9.17) is 109 Å². The Morgan fingerprint density at radius 2 is 0.618 bits per heavy atom. The van der Waals surface area contributed by atoms with Crippen molar-refractivity contribution in [3.05, 3.63) is 260 Å². The van der Waals surface area contributed by atoms with Crippen LogP contribution in [0.1, 0.15) is 191 Å². The van der Waals surface area contributed by atoms with Crippen molar-refractivity contribution in [2.45, 2.75) is 252 Å². The second kappa shape index (κ2) is 73.9. The second-order valence-corrected chi connectivity index (χ2v) is 44.5. The Morgan fingerprint density at radius 3 is 0.861 bits per heavy atom. The quantitative estimate of drug-likeness (QED) is 0.00894. The van der Waals surface area contributed by atoms with E-state index in [1.807, 2.05) is 224 Å². The number of phosphoric ester groups is 3. The molecule has 34 heteroatoms. The molecule has 1 heterocycles. The molecule has 806 valence electrons. The highest BCUT2D eigenvalue weighted by Crippen LogP contribution is 2.54. The van der Waals surface area contributed by atoms with Crippen molar-refractivity contribution < 1.29 is 107 Å². The molecule has 6 aromatic carbocycles. The molecule has 1 aliphatic heterocycles. The zero-order valence-corrected chi connectivity index (χ0v) is 94.3. The first-order valence-electron chi connectivity index (χ1n) is 51.0. The molecule has 144 heavy (non-hydrogen) atoms. The molecular weight excluding hydrogens is 1930 g/mol. The van der Waals surface area contributed by atoms with Crippen LogP contribution < -0.4 is 0 Å². The summed E-state index contributed by atoms with van der Waals surface area (Å²) in [7, 11) is -6.91. The van der Waals surface area contributed by atoms with Crippen LogP contribution in [0.3, 0.4) is 0 Å². The first kappa shape index (κ1) is 130. The van der Waals surface area contributed by atoms with Crippen LogP contribution in [0, 0.1) is 108 Å². The van der Waals surface area contributed by atoms with E-state index >= 15 is 0 Å². The van der Waals surface area contributed by atoms with Gasteiger partial charge in [-0.2, -0.15) is 0 Å². The molecule has 0 bridgehead atoms. The van der Waals surface area contributed by atoms with Crippen molar-refractivity contribution in [2.24, 2.45) is 93.4 Å².